The summed E-state index contributed by atoms with van der Waals surface area (Å²) < 4.78 is 0. The van der Waals surface area contributed by atoms with Crippen molar-refractivity contribution in [2.45, 2.75) is 19.4 Å². The molecule has 2 N–H and O–H groups in total. The first-order chi connectivity index (χ1) is 8.46. The molecule has 1 aliphatic heterocycles. The Bertz CT molecular complexity index is 532. The fraction of sp³-hybridized carbons (Fsp3) is 0.385. The lowest BCUT2D eigenvalue weighted by molar-refractivity contribution is -0.142. The molecule has 1 heterocycles. The van der Waals surface area contributed by atoms with E-state index < -0.39 is 11.5 Å². The van der Waals surface area contributed by atoms with Gasteiger partial charge in [-0.1, -0.05) is 0 Å². The summed E-state index contributed by atoms with van der Waals surface area (Å²) in [5, 5.41) is 21.4. The lowest BCUT2D eigenvalue weighted by Gasteiger charge is -2.41. The fourth-order valence-electron chi connectivity index (χ4n) is 2.10. The molecule has 0 aromatic heterocycles. The molecule has 5 nitrogen and oxygen atoms in total. The lowest BCUT2D eigenvalue weighted by Crippen LogP contribution is -2.53. The number of hydrogen-bond donors (Lipinski definition) is 2. The third-order valence-electron chi connectivity index (χ3n) is 3.27. The van der Waals surface area contributed by atoms with Gasteiger partial charge in [0, 0.05) is 13.1 Å². The molecule has 1 aliphatic rings. The average molecular weight is 245 g/mol. The fourth-order valence-corrected chi connectivity index (χ4v) is 2.10. The number of carbonyl (C=O) groups is 1. The molecule has 0 amide bonds. The number of nitrogens with zero attached hydrogens (tertiary/aromatic N) is 2. The highest BCUT2D eigenvalue weighted by Crippen LogP contribution is 2.34. The van der Waals surface area contributed by atoms with Gasteiger partial charge in [0.15, 0.2) is 0 Å². The Morgan fingerprint density at radius 2 is 2.28 bits per heavy atom. The first-order valence-corrected chi connectivity index (χ1v) is 5.76. The van der Waals surface area contributed by atoms with Crippen LogP contribution in [0, 0.1) is 11.3 Å². The van der Waals surface area contributed by atoms with Crippen molar-refractivity contribution in [1.82, 2.24) is 0 Å². The summed E-state index contributed by atoms with van der Waals surface area (Å²) in [4.78, 5) is 13.2. The van der Waals surface area contributed by atoms with Gasteiger partial charge in [-0.25, -0.2) is 4.79 Å². The van der Waals surface area contributed by atoms with Crippen molar-refractivity contribution < 1.29 is 9.90 Å². The standard InChI is InChI=1S/C13H15N3O2/c1-13(2,12(17)18)16-6-5-15-10-7-9(8-14)3-4-11(10)16/h3-4,7,15H,5-6H2,1-2H3,(H,17,18). The van der Waals surface area contributed by atoms with Crippen molar-refractivity contribution >= 4 is 17.3 Å². The number of nitrogens with one attached hydrogen (secondary N) is 1. The highest BCUT2D eigenvalue weighted by molar-refractivity contribution is 5.86. The smallest absolute Gasteiger partial charge is 0.328 e. The summed E-state index contributed by atoms with van der Waals surface area (Å²) in [5.74, 6) is -0.861. The number of hydrogen-bond acceptors (Lipinski definition) is 4. The van der Waals surface area contributed by atoms with Gasteiger partial charge < -0.3 is 15.3 Å². The molecule has 0 fully saturated rings. The Labute approximate surface area is 106 Å². The molecular weight excluding hydrogens is 230 g/mol. The summed E-state index contributed by atoms with van der Waals surface area (Å²) >= 11 is 0. The first kappa shape index (κ1) is 12.2. The average Bonchev–Trinajstić information content (AvgIpc) is 2.37. The maximum Gasteiger partial charge on any atom is 0.328 e. The number of benzene rings is 1. The molecule has 0 saturated heterocycles. The number of carboxylic acid groups (broad SMARTS) is 1. The summed E-state index contributed by atoms with van der Waals surface area (Å²) in [5.41, 5.74) is 1.24. The Kier molecular flexibility index (Phi) is 2.87. The van der Waals surface area contributed by atoms with Crippen LogP contribution in [0.2, 0.25) is 0 Å². The summed E-state index contributed by atoms with van der Waals surface area (Å²) in [6.07, 6.45) is 0. The van der Waals surface area contributed by atoms with Gasteiger partial charge in [0.2, 0.25) is 0 Å². The second-order valence-electron chi connectivity index (χ2n) is 4.79. The predicted molar refractivity (Wildman–Crippen MR) is 68.7 cm³/mol. The minimum atomic E-state index is -0.967. The topological polar surface area (TPSA) is 76.4 Å². The van der Waals surface area contributed by atoms with Crippen LogP contribution in [-0.4, -0.2) is 29.7 Å². The van der Waals surface area contributed by atoms with Crippen molar-refractivity contribution in [3.8, 4) is 6.07 Å². The van der Waals surface area contributed by atoms with E-state index in [0.29, 0.717) is 18.7 Å². The molecule has 0 spiro atoms. The number of rotatable bonds is 2. The number of aliphatic carboxylic acids is 1. The monoisotopic (exact) mass is 245 g/mol. The molecule has 1 aromatic carbocycles. The van der Waals surface area contributed by atoms with Crippen LogP contribution in [0.5, 0.6) is 0 Å². The van der Waals surface area contributed by atoms with Crippen molar-refractivity contribution in [2.24, 2.45) is 0 Å². The lowest BCUT2D eigenvalue weighted by atomic mass is 9.99. The van der Waals surface area contributed by atoms with Crippen molar-refractivity contribution in [2.75, 3.05) is 23.3 Å². The summed E-state index contributed by atoms with van der Waals surface area (Å²) in [7, 11) is 0. The van der Waals surface area contributed by atoms with Gasteiger partial charge in [0.25, 0.3) is 0 Å². The molecule has 0 bridgehead atoms. The predicted octanol–water partition coefficient (Wildman–Crippen LogP) is 1.65. The molecule has 0 unspecified atom stereocenters. The SMILES string of the molecule is CC(C)(C(=O)O)N1CCNc2cc(C#N)ccc21. The quantitative estimate of drug-likeness (QED) is 0.828. The van der Waals surface area contributed by atoms with Crippen LogP contribution in [0.25, 0.3) is 0 Å². The van der Waals surface area contributed by atoms with E-state index in [2.05, 4.69) is 11.4 Å². The maximum absolute atomic E-state index is 11.3. The van der Waals surface area contributed by atoms with Crippen molar-refractivity contribution in [3.05, 3.63) is 23.8 Å². The number of nitriles is 1. The van der Waals surface area contributed by atoms with Gasteiger partial charge in [-0.05, 0) is 32.0 Å². The normalized spacial score (nSPS) is 14.4. The van der Waals surface area contributed by atoms with E-state index in [1.807, 2.05) is 4.90 Å². The van der Waals surface area contributed by atoms with Gasteiger partial charge in [-0.15, -0.1) is 0 Å². The number of carboxylic acids is 1. The van der Waals surface area contributed by atoms with Gasteiger partial charge in [-0.2, -0.15) is 5.26 Å². The van der Waals surface area contributed by atoms with Gasteiger partial charge in [-0.3, -0.25) is 0 Å². The summed E-state index contributed by atoms with van der Waals surface area (Å²) in [6.45, 7) is 4.65. The molecular formula is C13H15N3O2. The van der Waals surface area contributed by atoms with E-state index in [1.165, 1.54) is 0 Å². The van der Waals surface area contributed by atoms with Crippen molar-refractivity contribution in [1.29, 1.82) is 5.26 Å². The van der Waals surface area contributed by atoms with E-state index >= 15 is 0 Å². The minimum absolute atomic E-state index is 0.566. The molecule has 1 aromatic rings. The zero-order valence-corrected chi connectivity index (χ0v) is 10.4. The third kappa shape index (κ3) is 1.86. The van der Waals surface area contributed by atoms with Crippen molar-refractivity contribution in [3.63, 3.8) is 0 Å². The number of fused-ring (bicyclic) bond motifs is 1. The van der Waals surface area contributed by atoms with Crippen LogP contribution in [0.15, 0.2) is 18.2 Å². The molecule has 2 rings (SSSR count). The zero-order valence-electron chi connectivity index (χ0n) is 10.4. The molecule has 0 saturated carbocycles. The van der Waals surface area contributed by atoms with E-state index in [0.717, 1.165) is 11.4 Å². The van der Waals surface area contributed by atoms with Crippen LogP contribution in [-0.2, 0) is 4.79 Å². The second-order valence-corrected chi connectivity index (χ2v) is 4.79. The zero-order chi connectivity index (χ0) is 13.3. The largest absolute Gasteiger partial charge is 0.480 e. The first-order valence-electron chi connectivity index (χ1n) is 5.76. The van der Waals surface area contributed by atoms with E-state index in [-0.39, 0.29) is 0 Å². The molecule has 94 valence electrons. The van der Waals surface area contributed by atoms with Crippen LogP contribution in [0.3, 0.4) is 0 Å². The van der Waals surface area contributed by atoms with Crippen LogP contribution in [0.4, 0.5) is 11.4 Å². The molecule has 0 radical (unpaired) electrons. The van der Waals surface area contributed by atoms with E-state index in [9.17, 15) is 9.90 Å². The molecule has 0 atom stereocenters. The third-order valence-corrected chi connectivity index (χ3v) is 3.27. The maximum atomic E-state index is 11.3. The van der Waals surface area contributed by atoms with Crippen LogP contribution >= 0.6 is 0 Å². The molecule has 18 heavy (non-hydrogen) atoms. The number of anilines is 2. The Morgan fingerprint density at radius 1 is 1.56 bits per heavy atom. The summed E-state index contributed by atoms with van der Waals surface area (Å²) in [6, 6.07) is 7.33. The van der Waals surface area contributed by atoms with E-state index in [1.54, 1.807) is 32.0 Å². The Morgan fingerprint density at radius 3 is 2.89 bits per heavy atom. The molecule has 0 aliphatic carbocycles. The van der Waals surface area contributed by atoms with Crippen LogP contribution < -0.4 is 10.2 Å². The van der Waals surface area contributed by atoms with Crippen LogP contribution in [0.1, 0.15) is 19.4 Å². The van der Waals surface area contributed by atoms with Gasteiger partial charge in [0.05, 0.1) is 23.0 Å². The minimum Gasteiger partial charge on any atom is -0.480 e. The second kappa shape index (κ2) is 4.22. The Hall–Kier alpha value is -2.22. The van der Waals surface area contributed by atoms with Gasteiger partial charge in [0.1, 0.15) is 5.54 Å². The van der Waals surface area contributed by atoms with Gasteiger partial charge >= 0.3 is 5.97 Å². The molecule has 5 heteroatoms. The Balaban J connectivity index is 2.46. The highest BCUT2D eigenvalue weighted by atomic mass is 16.4. The highest BCUT2D eigenvalue weighted by Gasteiger charge is 2.36. The van der Waals surface area contributed by atoms with E-state index in [4.69, 9.17) is 5.26 Å².